The van der Waals surface area contributed by atoms with Crippen molar-refractivity contribution in [3.8, 4) is 0 Å². The number of ether oxygens (including phenoxy) is 1. The molecule has 0 aromatic rings. The highest BCUT2D eigenvalue weighted by Gasteiger charge is 2.29. The lowest BCUT2D eigenvalue weighted by Gasteiger charge is -2.23. The fraction of sp³-hybridized carbons (Fsp3) is 0.750. The van der Waals surface area contributed by atoms with Gasteiger partial charge in [0.1, 0.15) is 0 Å². The van der Waals surface area contributed by atoms with Gasteiger partial charge in [-0.05, 0) is 20.3 Å². The van der Waals surface area contributed by atoms with Gasteiger partial charge in [-0.25, -0.2) is 9.59 Å². The van der Waals surface area contributed by atoms with E-state index in [4.69, 9.17) is 5.11 Å². The third-order valence-electron chi connectivity index (χ3n) is 3.47. The van der Waals surface area contributed by atoms with Crippen LogP contribution in [0.4, 0.5) is 9.59 Å². The molecule has 0 bridgehead atoms. The van der Waals surface area contributed by atoms with Crippen molar-refractivity contribution in [2.75, 3.05) is 20.2 Å². The zero-order chi connectivity index (χ0) is 15.3. The molecule has 1 heterocycles. The van der Waals surface area contributed by atoms with Gasteiger partial charge in [0.05, 0.1) is 19.1 Å². The van der Waals surface area contributed by atoms with Gasteiger partial charge in [0.25, 0.3) is 0 Å². The minimum absolute atomic E-state index is 0.139. The molecule has 3 unspecified atom stereocenters. The summed E-state index contributed by atoms with van der Waals surface area (Å²) in [6, 6.07) is -0.923. The van der Waals surface area contributed by atoms with E-state index in [9.17, 15) is 14.4 Å². The number of rotatable bonds is 4. The molecule has 114 valence electrons. The molecule has 0 radical (unpaired) electrons. The summed E-state index contributed by atoms with van der Waals surface area (Å²) in [6.45, 7) is 4.08. The summed E-state index contributed by atoms with van der Waals surface area (Å²) in [6.07, 6.45) is 0.121. The van der Waals surface area contributed by atoms with Gasteiger partial charge >= 0.3 is 18.1 Å². The first kappa shape index (κ1) is 16.1. The molecule has 0 aromatic carbocycles. The number of carbonyl (C=O) groups excluding carboxylic acids is 2. The van der Waals surface area contributed by atoms with Crippen LogP contribution in [0.1, 0.15) is 20.3 Å². The number of amides is 3. The molecule has 3 amide bonds. The third-order valence-corrected chi connectivity index (χ3v) is 3.47. The SMILES string of the molecule is COC(=O)NC1CCN(C(=O)NC(C)C(C)C(=O)O)C1. The number of hydrogen-bond donors (Lipinski definition) is 3. The Morgan fingerprint density at radius 3 is 2.55 bits per heavy atom. The van der Waals surface area contributed by atoms with E-state index in [1.807, 2.05) is 0 Å². The molecule has 1 aliphatic rings. The predicted octanol–water partition coefficient (Wildman–Crippen LogP) is 0.236. The van der Waals surface area contributed by atoms with Gasteiger partial charge in [0, 0.05) is 19.1 Å². The Morgan fingerprint density at radius 2 is 2.00 bits per heavy atom. The lowest BCUT2D eigenvalue weighted by atomic mass is 10.0. The van der Waals surface area contributed by atoms with E-state index < -0.39 is 24.0 Å². The normalized spacial score (nSPS) is 20.9. The number of aliphatic carboxylic acids is 1. The average molecular weight is 287 g/mol. The highest BCUT2D eigenvalue weighted by atomic mass is 16.5. The van der Waals surface area contributed by atoms with Crippen molar-refractivity contribution < 1.29 is 24.2 Å². The molecule has 3 N–H and O–H groups in total. The summed E-state index contributed by atoms with van der Waals surface area (Å²) < 4.78 is 4.50. The average Bonchev–Trinajstić information content (AvgIpc) is 2.85. The monoisotopic (exact) mass is 287 g/mol. The first-order chi connectivity index (χ1) is 9.35. The van der Waals surface area contributed by atoms with Gasteiger partial charge in [-0.15, -0.1) is 0 Å². The molecule has 20 heavy (non-hydrogen) atoms. The molecule has 1 fully saturated rings. The quantitative estimate of drug-likeness (QED) is 0.686. The molecule has 0 spiro atoms. The number of alkyl carbamates (subject to hydrolysis) is 1. The number of methoxy groups -OCH3 is 1. The van der Waals surface area contributed by atoms with Crippen molar-refractivity contribution >= 4 is 18.1 Å². The third kappa shape index (κ3) is 4.29. The number of likely N-dealkylation sites (tertiary alicyclic amines) is 1. The first-order valence-electron chi connectivity index (χ1n) is 6.47. The minimum Gasteiger partial charge on any atom is -0.481 e. The summed E-state index contributed by atoms with van der Waals surface area (Å²) in [4.78, 5) is 35.4. The fourth-order valence-electron chi connectivity index (χ4n) is 1.91. The Bertz CT molecular complexity index is 387. The van der Waals surface area contributed by atoms with E-state index in [0.717, 1.165) is 0 Å². The van der Waals surface area contributed by atoms with E-state index in [-0.39, 0.29) is 12.1 Å². The minimum atomic E-state index is -0.954. The number of nitrogens with one attached hydrogen (secondary N) is 2. The van der Waals surface area contributed by atoms with Gasteiger partial charge in [-0.1, -0.05) is 0 Å². The number of urea groups is 1. The lowest BCUT2D eigenvalue weighted by Crippen LogP contribution is -2.47. The number of nitrogens with zero attached hydrogens (tertiary/aromatic N) is 1. The second-order valence-electron chi connectivity index (χ2n) is 4.93. The van der Waals surface area contributed by atoms with Crippen molar-refractivity contribution in [1.82, 2.24) is 15.5 Å². The van der Waals surface area contributed by atoms with Gasteiger partial charge < -0.3 is 25.4 Å². The molecule has 8 heteroatoms. The maximum absolute atomic E-state index is 12.0. The maximum Gasteiger partial charge on any atom is 0.407 e. The Morgan fingerprint density at radius 1 is 1.35 bits per heavy atom. The Balaban J connectivity index is 2.42. The zero-order valence-corrected chi connectivity index (χ0v) is 11.9. The van der Waals surface area contributed by atoms with Crippen molar-refractivity contribution in [2.45, 2.75) is 32.4 Å². The van der Waals surface area contributed by atoms with E-state index in [1.165, 1.54) is 7.11 Å². The van der Waals surface area contributed by atoms with Crippen LogP contribution in [0, 0.1) is 5.92 Å². The van der Waals surface area contributed by atoms with E-state index in [1.54, 1.807) is 18.7 Å². The van der Waals surface area contributed by atoms with Crippen LogP contribution in [0.5, 0.6) is 0 Å². The summed E-state index contributed by atoms with van der Waals surface area (Å²) in [7, 11) is 1.28. The van der Waals surface area contributed by atoms with Crippen LogP contribution in [-0.4, -0.2) is 60.4 Å². The Labute approximate surface area is 117 Å². The van der Waals surface area contributed by atoms with Crippen LogP contribution >= 0.6 is 0 Å². The van der Waals surface area contributed by atoms with E-state index in [0.29, 0.717) is 19.5 Å². The lowest BCUT2D eigenvalue weighted by molar-refractivity contribution is -0.141. The highest BCUT2D eigenvalue weighted by molar-refractivity contribution is 5.77. The topological polar surface area (TPSA) is 108 Å². The fourth-order valence-corrected chi connectivity index (χ4v) is 1.91. The molecular formula is C12H21N3O5. The molecule has 1 aliphatic heterocycles. The molecular weight excluding hydrogens is 266 g/mol. The molecule has 0 aromatic heterocycles. The summed E-state index contributed by atoms with van der Waals surface area (Å²) >= 11 is 0. The largest absolute Gasteiger partial charge is 0.481 e. The number of hydrogen-bond acceptors (Lipinski definition) is 4. The van der Waals surface area contributed by atoms with Crippen molar-refractivity contribution in [2.24, 2.45) is 5.92 Å². The van der Waals surface area contributed by atoms with Crippen molar-refractivity contribution in [1.29, 1.82) is 0 Å². The van der Waals surface area contributed by atoms with Gasteiger partial charge in [0.2, 0.25) is 0 Å². The molecule has 0 saturated carbocycles. The highest BCUT2D eigenvalue weighted by Crippen LogP contribution is 2.11. The maximum atomic E-state index is 12.0. The van der Waals surface area contributed by atoms with Crippen LogP contribution in [0.2, 0.25) is 0 Å². The van der Waals surface area contributed by atoms with Crippen LogP contribution in [-0.2, 0) is 9.53 Å². The first-order valence-corrected chi connectivity index (χ1v) is 6.47. The van der Waals surface area contributed by atoms with Gasteiger partial charge in [0.15, 0.2) is 0 Å². The van der Waals surface area contributed by atoms with Crippen molar-refractivity contribution in [3.05, 3.63) is 0 Å². The Hall–Kier alpha value is -1.99. The van der Waals surface area contributed by atoms with Gasteiger partial charge in [-0.2, -0.15) is 0 Å². The molecule has 0 aliphatic carbocycles. The van der Waals surface area contributed by atoms with Crippen LogP contribution in [0.15, 0.2) is 0 Å². The summed E-state index contributed by atoms with van der Waals surface area (Å²) in [5.74, 6) is -1.62. The van der Waals surface area contributed by atoms with Crippen LogP contribution < -0.4 is 10.6 Å². The molecule has 8 nitrogen and oxygen atoms in total. The second-order valence-corrected chi connectivity index (χ2v) is 4.93. The summed E-state index contributed by atoms with van der Waals surface area (Å²) in [5.41, 5.74) is 0. The smallest absolute Gasteiger partial charge is 0.407 e. The molecule has 3 atom stereocenters. The van der Waals surface area contributed by atoms with E-state index in [2.05, 4.69) is 15.4 Å². The van der Waals surface area contributed by atoms with Crippen LogP contribution in [0.25, 0.3) is 0 Å². The number of carboxylic acids is 1. The zero-order valence-electron chi connectivity index (χ0n) is 11.9. The molecule has 1 rings (SSSR count). The predicted molar refractivity (Wildman–Crippen MR) is 70.3 cm³/mol. The Kier molecular flexibility index (Phi) is 5.60. The second kappa shape index (κ2) is 6.97. The summed E-state index contributed by atoms with van der Waals surface area (Å²) in [5, 5.41) is 14.2. The molecule has 1 saturated heterocycles. The number of carboxylic acid groups (broad SMARTS) is 1. The van der Waals surface area contributed by atoms with E-state index >= 15 is 0 Å². The van der Waals surface area contributed by atoms with Crippen LogP contribution in [0.3, 0.4) is 0 Å². The van der Waals surface area contributed by atoms with Crippen molar-refractivity contribution in [3.63, 3.8) is 0 Å². The standard InChI is InChI=1S/C12H21N3O5/c1-7(10(16)17)8(2)13-11(18)15-5-4-9(6-15)14-12(19)20-3/h7-9H,4-6H2,1-3H3,(H,13,18)(H,14,19)(H,16,17). The number of carbonyl (C=O) groups is 3. The van der Waals surface area contributed by atoms with Gasteiger partial charge in [-0.3, -0.25) is 4.79 Å².